The minimum absolute atomic E-state index is 0.622. The Hall–Kier alpha value is -0.120. The van der Waals surface area contributed by atoms with Crippen LogP contribution in [0.4, 0.5) is 0 Å². The van der Waals surface area contributed by atoms with Gasteiger partial charge in [-0.2, -0.15) is 0 Å². The van der Waals surface area contributed by atoms with Crippen LogP contribution in [0.2, 0.25) is 0 Å². The van der Waals surface area contributed by atoms with Gasteiger partial charge in [0.15, 0.2) is 0 Å². The van der Waals surface area contributed by atoms with Gasteiger partial charge in [0.05, 0.1) is 13.2 Å². The maximum Gasteiger partial charge on any atom is 0.0620 e. The number of rotatable bonds is 2. The highest BCUT2D eigenvalue weighted by molar-refractivity contribution is 4.78. The summed E-state index contributed by atoms with van der Waals surface area (Å²) < 4.78 is 5.47. The van der Waals surface area contributed by atoms with E-state index < -0.39 is 0 Å². The van der Waals surface area contributed by atoms with Crippen LogP contribution in [-0.4, -0.2) is 50.8 Å². The number of hydrogen-bond donors (Lipinski definition) is 1. The molecule has 0 aliphatic carbocycles. The van der Waals surface area contributed by atoms with E-state index in [9.17, 15) is 0 Å². The lowest BCUT2D eigenvalue weighted by Crippen LogP contribution is -2.43. The number of piperidine rings is 1. The van der Waals surface area contributed by atoms with Crippen LogP contribution in [0.5, 0.6) is 0 Å². The first-order valence-corrected chi connectivity index (χ1v) is 5.84. The molecule has 0 saturated carbocycles. The second-order valence-electron chi connectivity index (χ2n) is 4.71. The van der Waals surface area contributed by atoms with Crippen molar-refractivity contribution in [3.63, 3.8) is 0 Å². The summed E-state index contributed by atoms with van der Waals surface area (Å²) >= 11 is 0. The molecule has 2 rings (SSSR count). The molecule has 0 spiro atoms. The van der Waals surface area contributed by atoms with E-state index in [0.717, 1.165) is 25.7 Å². The zero-order valence-electron chi connectivity index (χ0n) is 9.17. The van der Waals surface area contributed by atoms with Gasteiger partial charge >= 0.3 is 0 Å². The maximum absolute atomic E-state index is 5.47. The first-order chi connectivity index (χ1) is 6.84. The van der Waals surface area contributed by atoms with Crippen molar-refractivity contribution >= 4 is 0 Å². The Bertz CT molecular complexity index is 161. The smallest absolute Gasteiger partial charge is 0.0620 e. The predicted octanol–water partition coefficient (Wildman–Crippen LogP) is 0.707. The molecule has 0 aromatic heterocycles. The molecule has 14 heavy (non-hydrogen) atoms. The summed E-state index contributed by atoms with van der Waals surface area (Å²) in [6.45, 7) is 5.41. The van der Waals surface area contributed by atoms with Crippen LogP contribution in [0.3, 0.4) is 0 Å². The van der Waals surface area contributed by atoms with E-state index in [1.165, 1.54) is 32.4 Å². The van der Waals surface area contributed by atoms with E-state index in [2.05, 4.69) is 17.3 Å². The van der Waals surface area contributed by atoms with Crippen molar-refractivity contribution in [1.29, 1.82) is 0 Å². The molecule has 82 valence electrons. The molecule has 3 heteroatoms. The van der Waals surface area contributed by atoms with Gasteiger partial charge in [-0.05, 0) is 45.3 Å². The van der Waals surface area contributed by atoms with Gasteiger partial charge < -0.3 is 15.0 Å². The number of hydrogen-bond acceptors (Lipinski definition) is 3. The van der Waals surface area contributed by atoms with E-state index in [0.29, 0.717) is 6.04 Å². The third-order valence-electron chi connectivity index (χ3n) is 3.45. The summed E-state index contributed by atoms with van der Waals surface area (Å²) in [6.07, 6.45) is 4.05. The second-order valence-corrected chi connectivity index (χ2v) is 4.71. The zero-order valence-corrected chi connectivity index (χ0v) is 9.17. The standard InChI is InChI=1S/C11H22N2O/c1-13-5-2-10(3-6-13)8-11-9-14-7-4-12-11/h10-12H,2-9H2,1H3. The number of morpholine rings is 1. The minimum atomic E-state index is 0.622. The van der Waals surface area contributed by atoms with Crippen molar-refractivity contribution in [2.24, 2.45) is 5.92 Å². The first-order valence-electron chi connectivity index (χ1n) is 5.84. The van der Waals surface area contributed by atoms with Crippen LogP contribution in [0.25, 0.3) is 0 Å². The zero-order chi connectivity index (χ0) is 9.80. The fourth-order valence-electron chi connectivity index (χ4n) is 2.47. The average Bonchev–Trinajstić information content (AvgIpc) is 2.23. The molecule has 2 saturated heterocycles. The largest absolute Gasteiger partial charge is 0.379 e. The van der Waals surface area contributed by atoms with Crippen molar-refractivity contribution in [3.05, 3.63) is 0 Å². The molecule has 2 aliphatic heterocycles. The molecule has 0 bridgehead atoms. The van der Waals surface area contributed by atoms with Crippen molar-refractivity contribution in [2.75, 3.05) is 39.9 Å². The van der Waals surface area contributed by atoms with Crippen LogP contribution < -0.4 is 5.32 Å². The van der Waals surface area contributed by atoms with E-state index >= 15 is 0 Å². The molecule has 1 unspecified atom stereocenters. The Labute approximate surface area is 86.8 Å². The monoisotopic (exact) mass is 198 g/mol. The molecule has 2 fully saturated rings. The molecular weight excluding hydrogens is 176 g/mol. The summed E-state index contributed by atoms with van der Waals surface area (Å²) in [5.74, 6) is 0.922. The number of likely N-dealkylation sites (tertiary alicyclic amines) is 1. The fourth-order valence-corrected chi connectivity index (χ4v) is 2.47. The Balaban J connectivity index is 1.68. The van der Waals surface area contributed by atoms with Crippen LogP contribution in [0, 0.1) is 5.92 Å². The SMILES string of the molecule is CN1CCC(CC2COCCN2)CC1. The average molecular weight is 198 g/mol. The quantitative estimate of drug-likeness (QED) is 0.707. The van der Waals surface area contributed by atoms with Crippen LogP contribution >= 0.6 is 0 Å². The summed E-state index contributed by atoms with van der Waals surface area (Å²) in [7, 11) is 2.22. The number of ether oxygens (including phenoxy) is 1. The van der Waals surface area contributed by atoms with Gasteiger partial charge in [-0.1, -0.05) is 0 Å². The Morgan fingerprint density at radius 3 is 2.79 bits per heavy atom. The summed E-state index contributed by atoms with van der Waals surface area (Å²) in [5, 5.41) is 3.54. The number of nitrogens with zero attached hydrogens (tertiary/aromatic N) is 1. The Kier molecular flexibility index (Phi) is 3.79. The van der Waals surface area contributed by atoms with Crippen molar-refractivity contribution in [1.82, 2.24) is 10.2 Å². The van der Waals surface area contributed by atoms with E-state index in [1.54, 1.807) is 0 Å². The summed E-state index contributed by atoms with van der Waals surface area (Å²) in [5.41, 5.74) is 0. The molecule has 1 atom stereocenters. The first kappa shape index (κ1) is 10.4. The van der Waals surface area contributed by atoms with E-state index in [-0.39, 0.29) is 0 Å². The van der Waals surface area contributed by atoms with E-state index in [4.69, 9.17) is 4.74 Å². The van der Waals surface area contributed by atoms with Crippen LogP contribution in [0.1, 0.15) is 19.3 Å². The highest BCUT2D eigenvalue weighted by Crippen LogP contribution is 2.21. The van der Waals surface area contributed by atoms with E-state index in [1.807, 2.05) is 0 Å². The van der Waals surface area contributed by atoms with Gasteiger partial charge in [0.25, 0.3) is 0 Å². The van der Waals surface area contributed by atoms with Gasteiger partial charge in [0, 0.05) is 12.6 Å². The molecule has 3 nitrogen and oxygen atoms in total. The van der Waals surface area contributed by atoms with Gasteiger partial charge in [-0.25, -0.2) is 0 Å². The summed E-state index contributed by atoms with van der Waals surface area (Å²) in [6, 6.07) is 0.622. The van der Waals surface area contributed by atoms with Gasteiger partial charge in [0.2, 0.25) is 0 Å². The number of nitrogens with one attached hydrogen (secondary N) is 1. The highest BCUT2D eigenvalue weighted by Gasteiger charge is 2.21. The lowest BCUT2D eigenvalue weighted by molar-refractivity contribution is 0.0633. The third kappa shape index (κ3) is 2.94. The molecule has 0 radical (unpaired) electrons. The molecule has 1 N–H and O–H groups in total. The predicted molar refractivity (Wildman–Crippen MR) is 57.4 cm³/mol. The normalized spacial score (nSPS) is 31.9. The minimum Gasteiger partial charge on any atom is -0.379 e. The molecule has 0 aromatic carbocycles. The lowest BCUT2D eigenvalue weighted by Gasteiger charge is -2.33. The maximum atomic E-state index is 5.47. The van der Waals surface area contributed by atoms with Gasteiger partial charge in [-0.3, -0.25) is 0 Å². The van der Waals surface area contributed by atoms with Gasteiger partial charge in [0.1, 0.15) is 0 Å². The van der Waals surface area contributed by atoms with Gasteiger partial charge in [-0.15, -0.1) is 0 Å². The fraction of sp³-hybridized carbons (Fsp3) is 1.00. The molecule has 0 aromatic rings. The lowest BCUT2D eigenvalue weighted by atomic mass is 9.90. The molecule has 2 aliphatic rings. The molecule has 2 heterocycles. The van der Waals surface area contributed by atoms with Crippen LogP contribution in [-0.2, 0) is 4.74 Å². The van der Waals surface area contributed by atoms with Crippen LogP contribution in [0.15, 0.2) is 0 Å². The van der Waals surface area contributed by atoms with Crippen molar-refractivity contribution in [3.8, 4) is 0 Å². The third-order valence-corrected chi connectivity index (χ3v) is 3.45. The highest BCUT2D eigenvalue weighted by atomic mass is 16.5. The second kappa shape index (κ2) is 5.10. The Morgan fingerprint density at radius 1 is 1.36 bits per heavy atom. The summed E-state index contributed by atoms with van der Waals surface area (Å²) in [4.78, 5) is 2.43. The topological polar surface area (TPSA) is 24.5 Å². The van der Waals surface area contributed by atoms with Crippen molar-refractivity contribution < 1.29 is 4.74 Å². The Morgan fingerprint density at radius 2 is 2.14 bits per heavy atom. The van der Waals surface area contributed by atoms with Crippen molar-refractivity contribution in [2.45, 2.75) is 25.3 Å². The molecular formula is C11H22N2O. The molecule has 0 amide bonds.